The van der Waals surface area contributed by atoms with Crippen molar-refractivity contribution in [2.45, 2.75) is 31.8 Å². The lowest BCUT2D eigenvalue weighted by atomic mass is 10.1. The molecule has 2 saturated heterocycles. The van der Waals surface area contributed by atoms with Crippen molar-refractivity contribution >= 4 is 11.8 Å². The first kappa shape index (κ1) is 18.8. The fraction of sp³-hybridized carbons (Fsp3) is 0.579. The Bertz CT molecular complexity index is 617. The van der Waals surface area contributed by atoms with Crippen LogP contribution in [0.5, 0.6) is 0 Å². The third kappa shape index (κ3) is 5.02. The standard InChI is InChI=1S/C19H26FN3O3/c20-16-4-2-15(3-5-16)14-23-17(6-7-18(23)24)19(25)21-8-1-9-22-10-12-26-13-11-22/h2-5,17H,1,6-14H2,(H,21,25)/p+1. The minimum atomic E-state index is -0.428. The SMILES string of the molecule is O=C(NCCC[NH+]1CCOCC1)C1CCC(=O)N1Cc1ccc(F)cc1. The Balaban J connectivity index is 1.45. The van der Waals surface area contributed by atoms with Crippen molar-refractivity contribution < 1.29 is 23.6 Å². The zero-order valence-electron chi connectivity index (χ0n) is 15.0. The minimum absolute atomic E-state index is 0.0211. The molecule has 1 aromatic carbocycles. The lowest BCUT2D eigenvalue weighted by Crippen LogP contribution is -3.14. The van der Waals surface area contributed by atoms with E-state index in [0.29, 0.717) is 25.9 Å². The molecule has 142 valence electrons. The Kier molecular flexibility index (Phi) is 6.57. The van der Waals surface area contributed by atoms with Crippen LogP contribution in [0, 0.1) is 5.82 Å². The maximum absolute atomic E-state index is 13.0. The molecule has 1 unspecified atom stereocenters. The number of nitrogens with one attached hydrogen (secondary N) is 2. The van der Waals surface area contributed by atoms with Gasteiger partial charge < -0.3 is 19.9 Å². The van der Waals surface area contributed by atoms with Crippen LogP contribution in [0.4, 0.5) is 4.39 Å². The molecule has 26 heavy (non-hydrogen) atoms. The van der Waals surface area contributed by atoms with Crippen LogP contribution in [0.1, 0.15) is 24.8 Å². The van der Waals surface area contributed by atoms with Gasteiger partial charge in [0.25, 0.3) is 0 Å². The highest BCUT2D eigenvalue weighted by Gasteiger charge is 2.35. The Labute approximate surface area is 153 Å². The fourth-order valence-corrected chi connectivity index (χ4v) is 3.57. The van der Waals surface area contributed by atoms with Gasteiger partial charge in [-0.3, -0.25) is 9.59 Å². The molecule has 0 spiro atoms. The summed E-state index contributed by atoms with van der Waals surface area (Å²) in [5.74, 6) is -0.416. The monoisotopic (exact) mass is 364 g/mol. The number of carbonyl (C=O) groups is 2. The Morgan fingerprint density at radius 2 is 2.00 bits per heavy atom. The van der Waals surface area contributed by atoms with E-state index in [1.165, 1.54) is 17.0 Å². The lowest BCUT2D eigenvalue weighted by Gasteiger charge is -2.25. The van der Waals surface area contributed by atoms with Crippen molar-refractivity contribution in [2.75, 3.05) is 39.4 Å². The maximum atomic E-state index is 13.0. The van der Waals surface area contributed by atoms with E-state index in [4.69, 9.17) is 4.74 Å². The number of carbonyl (C=O) groups excluding carboxylic acids is 2. The van der Waals surface area contributed by atoms with E-state index < -0.39 is 6.04 Å². The summed E-state index contributed by atoms with van der Waals surface area (Å²) in [4.78, 5) is 27.8. The van der Waals surface area contributed by atoms with Crippen molar-refractivity contribution in [1.82, 2.24) is 10.2 Å². The molecule has 2 heterocycles. The Hall–Kier alpha value is -1.99. The second kappa shape index (κ2) is 9.09. The number of hydrogen-bond acceptors (Lipinski definition) is 3. The van der Waals surface area contributed by atoms with E-state index in [0.717, 1.165) is 44.8 Å². The molecule has 1 atom stereocenters. The van der Waals surface area contributed by atoms with Crippen molar-refractivity contribution in [3.8, 4) is 0 Å². The molecule has 0 saturated carbocycles. The molecule has 2 fully saturated rings. The molecule has 3 rings (SSSR count). The Morgan fingerprint density at radius 3 is 2.73 bits per heavy atom. The van der Waals surface area contributed by atoms with Gasteiger partial charge in [-0.1, -0.05) is 12.1 Å². The van der Waals surface area contributed by atoms with Crippen LogP contribution < -0.4 is 10.2 Å². The first-order valence-corrected chi connectivity index (χ1v) is 9.36. The number of halogens is 1. The van der Waals surface area contributed by atoms with E-state index >= 15 is 0 Å². The third-order valence-corrected chi connectivity index (χ3v) is 5.10. The molecule has 7 heteroatoms. The molecular formula is C19H27FN3O3+. The highest BCUT2D eigenvalue weighted by atomic mass is 19.1. The van der Waals surface area contributed by atoms with E-state index in [9.17, 15) is 14.0 Å². The van der Waals surface area contributed by atoms with Crippen molar-refractivity contribution in [2.24, 2.45) is 0 Å². The van der Waals surface area contributed by atoms with Gasteiger partial charge in [0.2, 0.25) is 11.8 Å². The van der Waals surface area contributed by atoms with Crippen molar-refractivity contribution in [3.63, 3.8) is 0 Å². The molecule has 0 bridgehead atoms. The van der Waals surface area contributed by atoms with Crippen LogP contribution in [0.25, 0.3) is 0 Å². The average molecular weight is 364 g/mol. The van der Waals surface area contributed by atoms with Crippen molar-refractivity contribution in [1.29, 1.82) is 0 Å². The molecular weight excluding hydrogens is 337 g/mol. The van der Waals surface area contributed by atoms with Crippen LogP contribution in [0.3, 0.4) is 0 Å². The normalized spacial score (nSPS) is 21.2. The van der Waals surface area contributed by atoms with Gasteiger partial charge >= 0.3 is 0 Å². The fourth-order valence-electron chi connectivity index (χ4n) is 3.57. The van der Waals surface area contributed by atoms with Gasteiger partial charge in [0.15, 0.2) is 0 Å². The highest BCUT2D eigenvalue weighted by molar-refractivity contribution is 5.90. The largest absolute Gasteiger partial charge is 0.370 e. The van der Waals surface area contributed by atoms with Gasteiger partial charge in [0.1, 0.15) is 24.9 Å². The quantitative estimate of drug-likeness (QED) is 0.656. The molecule has 6 nitrogen and oxygen atoms in total. The number of rotatable bonds is 7. The molecule has 0 radical (unpaired) electrons. The predicted octanol–water partition coefficient (Wildman–Crippen LogP) is -0.262. The van der Waals surface area contributed by atoms with Crippen LogP contribution in [0.2, 0.25) is 0 Å². The first-order valence-electron chi connectivity index (χ1n) is 9.36. The van der Waals surface area contributed by atoms with Gasteiger partial charge in [-0.2, -0.15) is 0 Å². The zero-order valence-corrected chi connectivity index (χ0v) is 15.0. The smallest absolute Gasteiger partial charge is 0.242 e. The summed E-state index contributed by atoms with van der Waals surface area (Å²) < 4.78 is 18.4. The van der Waals surface area contributed by atoms with Gasteiger partial charge in [-0.15, -0.1) is 0 Å². The van der Waals surface area contributed by atoms with Gasteiger partial charge in [0.05, 0.1) is 19.8 Å². The minimum Gasteiger partial charge on any atom is -0.370 e. The van der Waals surface area contributed by atoms with Gasteiger partial charge in [-0.05, 0) is 24.1 Å². The summed E-state index contributed by atoms with van der Waals surface area (Å²) in [6.45, 7) is 5.65. The summed E-state index contributed by atoms with van der Waals surface area (Å²) in [6, 6.07) is 5.63. The summed E-state index contributed by atoms with van der Waals surface area (Å²) in [5.41, 5.74) is 0.829. The van der Waals surface area contributed by atoms with E-state index in [2.05, 4.69) is 5.32 Å². The molecule has 0 aromatic heterocycles. The number of likely N-dealkylation sites (tertiary alicyclic amines) is 1. The lowest BCUT2D eigenvalue weighted by molar-refractivity contribution is -0.908. The van der Waals surface area contributed by atoms with Gasteiger partial charge in [-0.25, -0.2) is 4.39 Å². The Morgan fingerprint density at radius 1 is 1.27 bits per heavy atom. The van der Waals surface area contributed by atoms with Gasteiger partial charge in [0, 0.05) is 25.9 Å². The average Bonchev–Trinajstić information content (AvgIpc) is 3.02. The molecule has 2 amide bonds. The molecule has 0 aliphatic carbocycles. The second-order valence-electron chi connectivity index (χ2n) is 6.96. The van der Waals surface area contributed by atoms with Crippen LogP contribution in [0.15, 0.2) is 24.3 Å². The number of amides is 2. The third-order valence-electron chi connectivity index (χ3n) is 5.10. The van der Waals surface area contributed by atoms with Crippen LogP contribution in [-0.2, 0) is 20.9 Å². The van der Waals surface area contributed by atoms with Crippen LogP contribution >= 0.6 is 0 Å². The number of hydrogen-bond donors (Lipinski definition) is 2. The summed E-state index contributed by atoms with van der Waals surface area (Å²) >= 11 is 0. The first-order chi connectivity index (χ1) is 12.6. The molecule has 2 aliphatic heterocycles. The highest BCUT2D eigenvalue weighted by Crippen LogP contribution is 2.21. The number of morpholine rings is 1. The summed E-state index contributed by atoms with van der Waals surface area (Å²) in [7, 11) is 0. The number of benzene rings is 1. The number of quaternary nitrogens is 1. The molecule has 2 N–H and O–H groups in total. The predicted molar refractivity (Wildman–Crippen MR) is 94.0 cm³/mol. The van der Waals surface area contributed by atoms with Crippen molar-refractivity contribution in [3.05, 3.63) is 35.6 Å². The van der Waals surface area contributed by atoms with E-state index in [1.54, 1.807) is 17.0 Å². The van der Waals surface area contributed by atoms with E-state index in [-0.39, 0.29) is 17.6 Å². The molecule has 1 aromatic rings. The van der Waals surface area contributed by atoms with E-state index in [1.807, 2.05) is 0 Å². The van der Waals surface area contributed by atoms with Crippen LogP contribution in [-0.4, -0.2) is 62.1 Å². The summed E-state index contributed by atoms with van der Waals surface area (Å²) in [6.07, 6.45) is 1.84. The topological polar surface area (TPSA) is 63.1 Å². The second-order valence-corrected chi connectivity index (χ2v) is 6.96. The zero-order chi connectivity index (χ0) is 18.4. The number of ether oxygens (including phenoxy) is 1. The summed E-state index contributed by atoms with van der Waals surface area (Å²) in [5, 5.41) is 2.97. The molecule has 2 aliphatic rings. The maximum Gasteiger partial charge on any atom is 0.242 e. The number of nitrogens with zero attached hydrogens (tertiary/aromatic N) is 1.